The van der Waals surface area contributed by atoms with Gasteiger partial charge >= 0.3 is 0 Å². The maximum absolute atomic E-state index is 14.3. The number of pyridine rings is 2. The van der Waals surface area contributed by atoms with Crippen molar-refractivity contribution in [2.24, 2.45) is 7.05 Å². The molecule has 0 unspecified atom stereocenters. The van der Waals surface area contributed by atoms with Gasteiger partial charge < -0.3 is 15.1 Å². The molecule has 1 atom stereocenters. The predicted octanol–water partition coefficient (Wildman–Crippen LogP) is 4.17. The van der Waals surface area contributed by atoms with E-state index in [0.717, 1.165) is 27.2 Å². The van der Waals surface area contributed by atoms with Crippen molar-refractivity contribution in [3.63, 3.8) is 0 Å². The van der Waals surface area contributed by atoms with Crippen LogP contribution in [0.3, 0.4) is 0 Å². The smallest absolute Gasteiger partial charge is 0.259 e. The highest BCUT2D eigenvalue weighted by Crippen LogP contribution is 2.34. The van der Waals surface area contributed by atoms with Gasteiger partial charge in [0.25, 0.3) is 11.5 Å². The van der Waals surface area contributed by atoms with Gasteiger partial charge in [0.15, 0.2) is 0 Å². The summed E-state index contributed by atoms with van der Waals surface area (Å²) in [7, 11) is -2.41. The van der Waals surface area contributed by atoms with Gasteiger partial charge in [-0.3, -0.25) is 19.1 Å². The molecule has 2 aromatic carbocycles. The number of amides is 1. The molecular weight excluding hydrogens is 614 g/mol. The molecule has 6 rings (SSSR count). The second-order valence-corrected chi connectivity index (χ2v) is 14.0. The highest BCUT2D eigenvalue weighted by molar-refractivity contribution is 7.89. The van der Waals surface area contributed by atoms with Crippen molar-refractivity contribution in [3.8, 4) is 0 Å². The van der Waals surface area contributed by atoms with Crippen molar-refractivity contribution in [1.82, 2.24) is 18.8 Å². The van der Waals surface area contributed by atoms with Crippen LogP contribution < -0.4 is 15.8 Å². The molecule has 2 fully saturated rings. The highest BCUT2D eigenvalue weighted by atomic mass is 32.2. The summed E-state index contributed by atoms with van der Waals surface area (Å²) in [5, 5.41) is 4.43. The van der Waals surface area contributed by atoms with E-state index in [1.165, 1.54) is 12.1 Å². The van der Waals surface area contributed by atoms with E-state index in [1.807, 2.05) is 45.0 Å². The second-order valence-electron chi connectivity index (χ2n) is 12.1. The lowest BCUT2D eigenvalue weighted by Gasteiger charge is -2.37. The molecule has 4 heterocycles. The second kappa shape index (κ2) is 12.1. The van der Waals surface area contributed by atoms with Gasteiger partial charge in [-0.05, 0) is 79.7 Å². The molecule has 1 amide bonds. The van der Waals surface area contributed by atoms with E-state index in [0.29, 0.717) is 48.3 Å². The van der Waals surface area contributed by atoms with Crippen molar-refractivity contribution >= 4 is 38.2 Å². The van der Waals surface area contributed by atoms with Crippen molar-refractivity contribution in [1.29, 1.82) is 0 Å². The fourth-order valence-corrected chi connectivity index (χ4v) is 7.78. The zero-order valence-electron chi connectivity index (χ0n) is 26.1. The summed E-state index contributed by atoms with van der Waals surface area (Å²) in [6, 6.07) is 12.3. The summed E-state index contributed by atoms with van der Waals surface area (Å²) in [4.78, 5) is 34.6. The maximum Gasteiger partial charge on any atom is 0.259 e. The molecule has 13 heteroatoms. The summed E-state index contributed by atoms with van der Waals surface area (Å²) >= 11 is 0. The Balaban J connectivity index is 1.30. The maximum atomic E-state index is 14.3. The minimum Gasteiger partial charge on any atom is -0.377 e. The molecule has 0 spiro atoms. The number of hydrogen-bond donors (Lipinski definition) is 1. The van der Waals surface area contributed by atoms with Crippen LogP contribution in [-0.4, -0.2) is 78.5 Å². The lowest BCUT2D eigenvalue weighted by Crippen LogP contribution is -2.51. The molecule has 10 nitrogen and oxygen atoms in total. The predicted molar refractivity (Wildman–Crippen MR) is 173 cm³/mol. The summed E-state index contributed by atoms with van der Waals surface area (Å²) < 4.78 is 56.9. The minimum atomic E-state index is -4.13. The Morgan fingerprint density at radius 3 is 2.37 bits per heavy atom. The minimum absolute atomic E-state index is 0.0852. The van der Waals surface area contributed by atoms with E-state index in [4.69, 9.17) is 0 Å². The number of hydrogen-bond acceptors (Lipinski definition) is 7. The molecule has 46 heavy (non-hydrogen) atoms. The number of rotatable bonds is 7. The summed E-state index contributed by atoms with van der Waals surface area (Å²) in [6.45, 7) is 7.04. The van der Waals surface area contributed by atoms with E-state index >= 15 is 0 Å². The van der Waals surface area contributed by atoms with E-state index in [2.05, 4.69) is 15.2 Å². The number of halogens is 2. The fourth-order valence-electron chi connectivity index (χ4n) is 6.12. The number of sulfonamides is 1. The molecule has 2 saturated heterocycles. The van der Waals surface area contributed by atoms with Crippen LogP contribution in [0.15, 0.2) is 64.4 Å². The Morgan fingerprint density at radius 1 is 1.00 bits per heavy atom. The summed E-state index contributed by atoms with van der Waals surface area (Å²) in [5.74, 6) is -0.110. The molecule has 0 radical (unpaired) electrons. The van der Waals surface area contributed by atoms with Crippen LogP contribution in [0.5, 0.6) is 0 Å². The quantitative estimate of drug-likeness (QED) is 0.320. The molecule has 4 aromatic rings. The van der Waals surface area contributed by atoms with Crippen LogP contribution in [0.2, 0.25) is 0 Å². The van der Waals surface area contributed by atoms with Crippen molar-refractivity contribution < 1.29 is 22.0 Å². The number of fused-ring (bicyclic) bond motifs is 1. The Bertz CT molecular complexity index is 1990. The first kappa shape index (κ1) is 31.6. The zero-order chi connectivity index (χ0) is 32.9. The van der Waals surface area contributed by atoms with Gasteiger partial charge in [0.1, 0.15) is 22.7 Å². The number of nitrogens with zero attached hydrogens (tertiary/aromatic N) is 5. The highest BCUT2D eigenvalue weighted by Gasteiger charge is 2.38. The summed E-state index contributed by atoms with van der Waals surface area (Å²) in [6.07, 6.45) is 0.341. The van der Waals surface area contributed by atoms with Gasteiger partial charge in [-0.2, -0.15) is 4.31 Å². The van der Waals surface area contributed by atoms with E-state index in [-0.39, 0.29) is 35.1 Å². The summed E-state index contributed by atoms with van der Waals surface area (Å²) in [5.41, 5.74) is 2.98. The number of carbonyl (C=O) groups is 1. The third kappa shape index (κ3) is 5.84. The first-order chi connectivity index (χ1) is 21.8. The Labute approximate surface area is 266 Å². The van der Waals surface area contributed by atoms with Crippen molar-refractivity contribution in [2.45, 2.75) is 37.9 Å². The molecule has 0 bridgehead atoms. The number of aromatic nitrogens is 2. The lowest BCUT2D eigenvalue weighted by atomic mass is 9.97. The van der Waals surface area contributed by atoms with Crippen LogP contribution in [-0.2, 0) is 17.1 Å². The van der Waals surface area contributed by atoms with Crippen LogP contribution >= 0.6 is 0 Å². The van der Waals surface area contributed by atoms with Gasteiger partial charge in [0.05, 0.1) is 11.3 Å². The van der Waals surface area contributed by atoms with Gasteiger partial charge in [-0.15, -0.1) is 0 Å². The number of carbonyl (C=O) groups excluding carboxylic acids is 1. The van der Waals surface area contributed by atoms with Crippen molar-refractivity contribution in [2.75, 3.05) is 49.5 Å². The lowest BCUT2D eigenvalue weighted by molar-refractivity contribution is 0.0746. The van der Waals surface area contributed by atoms with Crippen LogP contribution in [0.4, 0.5) is 20.3 Å². The third-order valence-corrected chi connectivity index (χ3v) is 10.6. The first-order valence-corrected chi connectivity index (χ1v) is 16.6. The number of benzene rings is 2. The van der Waals surface area contributed by atoms with Crippen LogP contribution in [0.25, 0.3) is 10.8 Å². The molecule has 2 aromatic heterocycles. The van der Waals surface area contributed by atoms with E-state index in [1.54, 1.807) is 28.8 Å². The number of aryl methyl sites for hydroxylation is 2. The molecular formula is C33H36F2N6O4S. The Hall–Kier alpha value is -4.36. The molecule has 1 N–H and O–H groups in total. The average Bonchev–Trinajstić information content (AvgIpc) is 3.02. The standard InChI is InChI=1S/C33H36F2N6O4S/c1-20-13-26(22(3)37-29-8-7-24(34)15-30(29)46(44,45)41-18-25(35)19-41)27-16-31(38(4)33(43)28(27)14-20)39-9-11-40(12-10-39)32(42)23-6-5-21(2)36-17-23/h5-8,13-17,22,25,37H,9-12,18-19H2,1-4H3/t22-/m1/s1. The Morgan fingerprint density at radius 2 is 1.72 bits per heavy atom. The molecule has 2 aliphatic heterocycles. The van der Waals surface area contributed by atoms with Gasteiger partial charge in [0.2, 0.25) is 10.0 Å². The average molecular weight is 651 g/mol. The van der Waals surface area contributed by atoms with Gasteiger partial charge in [0, 0.05) is 69.6 Å². The third-order valence-electron chi connectivity index (χ3n) is 8.76. The number of nitrogens with one attached hydrogen (secondary N) is 1. The monoisotopic (exact) mass is 650 g/mol. The number of piperazine rings is 1. The zero-order valence-corrected chi connectivity index (χ0v) is 26.9. The molecule has 242 valence electrons. The topological polar surface area (TPSA) is 108 Å². The largest absolute Gasteiger partial charge is 0.377 e. The number of anilines is 2. The van der Waals surface area contributed by atoms with Gasteiger partial charge in [-0.25, -0.2) is 17.2 Å². The van der Waals surface area contributed by atoms with Crippen molar-refractivity contribution in [3.05, 3.63) is 93.3 Å². The number of alkyl halides is 1. The van der Waals surface area contributed by atoms with Crippen LogP contribution in [0, 0.1) is 19.7 Å². The SMILES string of the molecule is Cc1cc([C@@H](C)Nc2ccc(F)cc2S(=O)(=O)N2CC(F)C2)c2cc(N3CCN(C(=O)c4ccc(C)nc4)CC3)n(C)c(=O)c2c1. The normalized spacial score (nSPS) is 16.8. The fraction of sp³-hybridized carbons (Fsp3) is 0.364. The Kier molecular flexibility index (Phi) is 8.32. The first-order valence-electron chi connectivity index (χ1n) is 15.1. The molecule has 2 aliphatic rings. The molecule has 0 saturated carbocycles. The van der Waals surface area contributed by atoms with Gasteiger partial charge in [-0.1, -0.05) is 6.07 Å². The molecule has 0 aliphatic carbocycles. The van der Waals surface area contributed by atoms with E-state index in [9.17, 15) is 26.8 Å². The van der Waals surface area contributed by atoms with E-state index < -0.39 is 28.1 Å². The van der Waals surface area contributed by atoms with Crippen LogP contribution in [0.1, 0.15) is 40.1 Å².